The number of ether oxygens (including phenoxy) is 1. The number of rotatable bonds is 6. The van der Waals surface area contributed by atoms with E-state index in [1.54, 1.807) is 36.4 Å². The highest BCUT2D eigenvalue weighted by Gasteiger charge is 2.23. The number of hydrogen-bond acceptors (Lipinski definition) is 6. The van der Waals surface area contributed by atoms with Crippen molar-refractivity contribution in [3.63, 3.8) is 0 Å². The highest BCUT2D eigenvalue weighted by atomic mass is 16.5. The van der Waals surface area contributed by atoms with Crippen LogP contribution in [-0.2, 0) is 6.54 Å². The van der Waals surface area contributed by atoms with Gasteiger partial charge in [-0.05, 0) is 20.2 Å². The smallest absolute Gasteiger partial charge is 0.163 e. The minimum Gasteiger partial charge on any atom is -0.493 e. The average Bonchev–Trinajstić information content (AvgIpc) is 2.88. The lowest BCUT2D eigenvalue weighted by molar-refractivity contribution is 0.190. The molecule has 0 aromatic carbocycles. The summed E-state index contributed by atoms with van der Waals surface area (Å²) in [7, 11) is 5.52. The molecule has 0 aliphatic carbocycles. The quantitative estimate of drug-likeness (QED) is 0.819. The first kappa shape index (κ1) is 14.4. The molecule has 7 heteroatoms. The van der Waals surface area contributed by atoms with Crippen molar-refractivity contribution in [2.45, 2.75) is 12.6 Å². The SMILES string of the molecule is COc1cnn(CCN(C)C)c1C(O)c1ncccn1. The van der Waals surface area contributed by atoms with Crippen molar-refractivity contribution in [3.8, 4) is 5.75 Å². The van der Waals surface area contributed by atoms with E-state index in [4.69, 9.17) is 4.74 Å². The summed E-state index contributed by atoms with van der Waals surface area (Å²) in [4.78, 5) is 10.2. The Hall–Kier alpha value is -1.99. The maximum Gasteiger partial charge on any atom is 0.163 e. The van der Waals surface area contributed by atoms with Crippen molar-refractivity contribution in [1.82, 2.24) is 24.6 Å². The molecule has 0 saturated heterocycles. The molecule has 1 N–H and O–H groups in total. The fraction of sp³-hybridized carbons (Fsp3) is 0.462. The van der Waals surface area contributed by atoms with E-state index < -0.39 is 6.10 Å². The number of nitrogens with zero attached hydrogens (tertiary/aromatic N) is 5. The highest BCUT2D eigenvalue weighted by Crippen LogP contribution is 2.27. The van der Waals surface area contributed by atoms with E-state index in [0.29, 0.717) is 23.8 Å². The molecule has 108 valence electrons. The second-order valence-electron chi connectivity index (χ2n) is 4.63. The zero-order valence-electron chi connectivity index (χ0n) is 11.9. The molecule has 2 aromatic rings. The lowest BCUT2D eigenvalue weighted by atomic mass is 10.2. The summed E-state index contributed by atoms with van der Waals surface area (Å²) in [5.41, 5.74) is 0.570. The van der Waals surface area contributed by atoms with Crippen molar-refractivity contribution >= 4 is 0 Å². The zero-order valence-corrected chi connectivity index (χ0v) is 11.9. The van der Waals surface area contributed by atoms with Gasteiger partial charge in [0.25, 0.3) is 0 Å². The van der Waals surface area contributed by atoms with Gasteiger partial charge in [-0.25, -0.2) is 9.97 Å². The van der Waals surface area contributed by atoms with Crippen molar-refractivity contribution < 1.29 is 9.84 Å². The Morgan fingerprint density at radius 2 is 2.05 bits per heavy atom. The number of aliphatic hydroxyl groups excluding tert-OH is 1. The molecule has 0 bridgehead atoms. The van der Waals surface area contributed by atoms with E-state index in [1.165, 1.54) is 0 Å². The Morgan fingerprint density at radius 3 is 2.65 bits per heavy atom. The summed E-state index contributed by atoms with van der Waals surface area (Å²) in [6.45, 7) is 1.45. The van der Waals surface area contributed by atoms with Crippen LogP contribution in [-0.4, -0.2) is 57.5 Å². The number of aliphatic hydroxyl groups is 1. The zero-order chi connectivity index (χ0) is 14.5. The first-order valence-corrected chi connectivity index (χ1v) is 6.33. The average molecular weight is 277 g/mol. The molecule has 0 spiro atoms. The van der Waals surface area contributed by atoms with Crippen molar-refractivity contribution in [2.75, 3.05) is 27.7 Å². The Labute approximate surface area is 117 Å². The molecule has 7 nitrogen and oxygen atoms in total. The number of aromatic nitrogens is 4. The van der Waals surface area contributed by atoms with Gasteiger partial charge in [-0.1, -0.05) is 0 Å². The van der Waals surface area contributed by atoms with Crippen LogP contribution in [0.3, 0.4) is 0 Å². The Morgan fingerprint density at radius 1 is 1.35 bits per heavy atom. The molecule has 1 atom stereocenters. The number of likely N-dealkylation sites (N-methyl/N-ethyl adjacent to an activating group) is 1. The maximum absolute atomic E-state index is 10.5. The lowest BCUT2D eigenvalue weighted by Crippen LogP contribution is -2.21. The number of methoxy groups -OCH3 is 1. The van der Waals surface area contributed by atoms with Crippen molar-refractivity contribution in [2.24, 2.45) is 0 Å². The first-order valence-electron chi connectivity index (χ1n) is 6.33. The summed E-state index contributed by atoms with van der Waals surface area (Å²) in [5.74, 6) is 0.862. The van der Waals surface area contributed by atoms with Gasteiger partial charge in [-0.2, -0.15) is 5.10 Å². The summed E-state index contributed by atoms with van der Waals surface area (Å²) < 4.78 is 6.99. The normalized spacial score (nSPS) is 12.7. The molecule has 1 unspecified atom stereocenters. The summed E-state index contributed by atoms with van der Waals surface area (Å²) >= 11 is 0. The van der Waals surface area contributed by atoms with Gasteiger partial charge in [0.2, 0.25) is 0 Å². The molecule has 0 radical (unpaired) electrons. The fourth-order valence-corrected chi connectivity index (χ4v) is 1.86. The van der Waals surface area contributed by atoms with Crippen LogP contribution in [0.2, 0.25) is 0 Å². The van der Waals surface area contributed by atoms with Gasteiger partial charge in [0.05, 0.1) is 19.9 Å². The molecule has 2 aromatic heterocycles. The molecular weight excluding hydrogens is 258 g/mol. The summed E-state index contributed by atoms with van der Waals surface area (Å²) in [6, 6.07) is 1.71. The van der Waals surface area contributed by atoms with Crippen LogP contribution in [0.15, 0.2) is 24.7 Å². The van der Waals surface area contributed by atoms with Crippen LogP contribution >= 0.6 is 0 Å². The third-order valence-corrected chi connectivity index (χ3v) is 2.91. The van der Waals surface area contributed by atoms with Gasteiger partial charge in [-0.15, -0.1) is 0 Å². The van der Waals surface area contributed by atoms with E-state index in [-0.39, 0.29) is 0 Å². The second kappa shape index (κ2) is 6.44. The van der Waals surface area contributed by atoms with Crippen LogP contribution in [0.5, 0.6) is 5.75 Å². The van der Waals surface area contributed by atoms with Crippen LogP contribution < -0.4 is 4.74 Å². The standard InChI is InChI=1S/C13H19N5O2/c1-17(2)7-8-18-11(10(20-3)9-16-18)12(19)13-14-5-4-6-15-13/h4-6,9,12,19H,7-8H2,1-3H3. The van der Waals surface area contributed by atoms with Gasteiger partial charge >= 0.3 is 0 Å². The van der Waals surface area contributed by atoms with E-state index in [1.807, 2.05) is 19.0 Å². The topological polar surface area (TPSA) is 76.3 Å². The minimum atomic E-state index is -0.962. The highest BCUT2D eigenvalue weighted by molar-refractivity contribution is 5.30. The van der Waals surface area contributed by atoms with E-state index >= 15 is 0 Å². The predicted octanol–water partition coefficient (Wildman–Crippen LogP) is 0.325. The van der Waals surface area contributed by atoms with Crippen LogP contribution in [0.1, 0.15) is 17.6 Å². The molecular formula is C13H19N5O2. The van der Waals surface area contributed by atoms with Gasteiger partial charge in [0.15, 0.2) is 17.7 Å². The summed E-state index contributed by atoms with van der Waals surface area (Å²) in [6.07, 6.45) is 3.82. The van der Waals surface area contributed by atoms with Gasteiger partial charge in [0.1, 0.15) is 5.69 Å². The first-order chi connectivity index (χ1) is 9.63. The molecule has 0 aliphatic heterocycles. The van der Waals surface area contributed by atoms with Crippen LogP contribution in [0.4, 0.5) is 0 Å². The van der Waals surface area contributed by atoms with Gasteiger partial charge < -0.3 is 14.7 Å². The lowest BCUT2D eigenvalue weighted by Gasteiger charge is -2.15. The number of hydrogen-bond donors (Lipinski definition) is 1. The second-order valence-corrected chi connectivity index (χ2v) is 4.63. The summed E-state index contributed by atoms with van der Waals surface area (Å²) in [5, 5.41) is 14.7. The van der Waals surface area contributed by atoms with Gasteiger partial charge in [0, 0.05) is 18.9 Å². The maximum atomic E-state index is 10.5. The van der Waals surface area contributed by atoms with Crippen molar-refractivity contribution in [1.29, 1.82) is 0 Å². The molecule has 0 saturated carbocycles. The minimum absolute atomic E-state index is 0.331. The van der Waals surface area contributed by atoms with Gasteiger partial charge in [-0.3, -0.25) is 4.68 Å². The van der Waals surface area contributed by atoms with E-state index in [9.17, 15) is 5.11 Å². The monoisotopic (exact) mass is 277 g/mol. The van der Waals surface area contributed by atoms with Crippen molar-refractivity contribution in [3.05, 3.63) is 36.2 Å². The van der Waals surface area contributed by atoms with Crippen LogP contribution in [0, 0.1) is 0 Å². The largest absolute Gasteiger partial charge is 0.493 e. The molecule has 2 heterocycles. The fourth-order valence-electron chi connectivity index (χ4n) is 1.86. The predicted molar refractivity (Wildman–Crippen MR) is 73.4 cm³/mol. The Kier molecular flexibility index (Phi) is 4.65. The van der Waals surface area contributed by atoms with E-state index in [0.717, 1.165) is 6.54 Å². The molecule has 2 rings (SSSR count). The molecule has 20 heavy (non-hydrogen) atoms. The Balaban J connectivity index is 2.30. The molecule has 0 amide bonds. The van der Waals surface area contributed by atoms with Crippen LogP contribution in [0.25, 0.3) is 0 Å². The Bertz CT molecular complexity index is 541. The third kappa shape index (κ3) is 3.12. The molecule has 0 fully saturated rings. The van der Waals surface area contributed by atoms with E-state index in [2.05, 4.69) is 15.1 Å². The third-order valence-electron chi connectivity index (χ3n) is 2.91. The molecule has 0 aliphatic rings.